The number of alkyl halides is 3. The van der Waals surface area contributed by atoms with Crippen molar-refractivity contribution in [2.75, 3.05) is 5.32 Å². The maximum absolute atomic E-state index is 12.5. The number of amides is 2. The Hall–Kier alpha value is -4.51. The lowest BCUT2D eigenvalue weighted by atomic mass is 10.1. The van der Waals surface area contributed by atoms with E-state index in [4.69, 9.17) is 4.98 Å². The number of benzene rings is 4. The van der Waals surface area contributed by atoms with Gasteiger partial charge in [0.25, 0.3) is 0 Å². The second-order valence-electron chi connectivity index (χ2n) is 9.10. The fourth-order valence-corrected chi connectivity index (χ4v) is 4.87. The van der Waals surface area contributed by atoms with Gasteiger partial charge in [-0.05, 0) is 79.2 Å². The van der Waals surface area contributed by atoms with Crippen LogP contribution in [0.25, 0.3) is 27.5 Å². The molecule has 1 heterocycles. The van der Waals surface area contributed by atoms with Crippen molar-refractivity contribution in [3.8, 4) is 11.4 Å². The van der Waals surface area contributed by atoms with Crippen LogP contribution in [0.15, 0.2) is 77.2 Å². The molecule has 0 atom stereocenters. The summed E-state index contributed by atoms with van der Waals surface area (Å²) in [5.74, 6) is 0.410. The van der Waals surface area contributed by atoms with Gasteiger partial charge in [0.05, 0.1) is 23.2 Å². The number of anilines is 1. The fourth-order valence-electron chi connectivity index (χ4n) is 4.51. The number of hydrogen-bond acceptors (Lipinski definition) is 5. The van der Waals surface area contributed by atoms with Gasteiger partial charge in [-0.1, -0.05) is 36.4 Å². The second kappa shape index (κ2) is 10.9. The summed E-state index contributed by atoms with van der Waals surface area (Å²) < 4.78 is 50.3. The third-order valence-corrected chi connectivity index (χ3v) is 6.76. The Morgan fingerprint density at radius 2 is 1.73 bits per heavy atom. The van der Waals surface area contributed by atoms with Crippen LogP contribution < -0.4 is 14.8 Å². The second-order valence-corrected chi connectivity index (χ2v) is 9.70. The first-order valence-electron chi connectivity index (χ1n) is 12.2. The molecule has 0 saturated heterocycles. The number of aromatic nitrogens is 2. The maximum Gasteiger partial charge on any atom is 0.573 e. The lowest BCUT2D eigenvalue weighted by molar-refractivity contribution is -0.274. The summed E-state index contributed by atoms with van der Waals surface area (Å²) in [6.07, 6.45) is -3.09. The summed E-state index contributed by atoms with van der Waals surface area (Å²) in [5.41, 5.74) is 5.83. The van der Waals surface area contributed by atoms with E-state index in [1.807, 2.05) is 73.9 Å². The van der Waals surface area contributed by atoms with Gasteiger partial charge in [-0.2, -0.15) is 0 Å². The van der Waals surface area contributed by atoms with Crippen LogP contribution in [0.4, 0.5) is 23.7 Å². The van der Waals surface area contributed by atoms with Crippen LogP contribution in [0.3, 0.4) is 0 Å². The summed E-state index contributed by atoms with van der Waals surface area (Å²) >= 11 is 0.922. The maximum atomic E-state index is 12.5. The highest BCUT2D eigenvalue weighted by molar-refractivity contribution is 7.96. The largest absolute Gasteiger partial charge is 0.573 e. The van der Waals surface area contributed by atoms with Gasteiger partial charge in [-0.25, -0.2) is 14.2 Å². The van der Waals surface area contributed by atoms with Crippen LogP contribution in [0.1, 0.15) is 22.5 Å². The molecule has 0 saturated carbocycles. The number of aryl methyl sites for hydroxylation is 3. The van der Waals surface area contributed by atoms with Crippen molar-refractivity contribution in [3.05, 3.63) is 95.3 Å². The van der Waals surface area contributed by atoms with Crippen LogP contribution in [0, 0.1) is 20.8 Å². The van der Waals surface area contributed by atoms with Gasteiger partial charge in [-0.15, -0.1) is 13.2 Å². The van der Waals surface area contributed by atoms with Crippen LogP contribution in [0.2, 0.25) is 0 Å². The number of fused-ring (bicyclic) bond motifs is 3. The first-order chi connectivity index (χ1) is 19.1. The number of imidazole rings is 1. The molecule has 5 aromatic rings. The molecular weight excluding hydrogens is 539 g/mol. The van der Waals surface area contributed by atoms with Gasteiger partial charge in [-0.3, -0.25) is 9.29 Å². The first-order valence-corrected chi connectivity index (χ1v) is 13.0. The summed E-state index contributed by atoms with van der Waals surface area (Å²) in [6, 6.07) is 20.8. The van der Waals surface area contributed by atoms with Gasteiger partial charge in [0.15, 0.2) is 0 Å². The highest BCUT2D eigenvalue weighted by atomic mass is 32.2. The van der Waals surface area contributed by atoms with E-state index in [1.54, 1.807) is 18.3 Å². The summed E-state index contributed by atoms with van der Waals surface area (Å²) in [6.45, 7) is 5.71. The normalized spacial score (nSPS) is 11.8. The van der Waals surface area contributed by atoms with Gasteiger partial charge in [0.2, 0.25) is 0 Å². The molecule has 2 N–H and O–H groups in total. The average molecular weight is 564 g/mol. The topological polar surface area (TPSA) is 80.5 Å². The fraction of sp³-hybridized carbons (Fsp3) is 0.138. The number of halogens is 3. The van der Waals surface area contributed by atoms with Crippen molar-refractivity contribution in [3.63, 3.8) is 0 Å². The quantitative estimate of drug-likeness (QED) is 0.163. The molecule has 0 bridgehead atoms. The van der Waals surface area contributed by atoms with E-state index in [0.29, 0.717) is 11.5 Å². The number of urea groups is 1. The first kappa shape index (κ1) is 27.1. The van der Waals surface area contributed by atoms with E-state index in [-0.39, 0.29) is 11.8 Å². The molecule has 0 aliphatic heterocycles. The zero-order chi connectivity index (χ0) is 28.4. The SMILES string of the molecule is Cc1cccc(C)c1NC(=O)NSN=Cc1ccc2c(ccc3c2nc(C)n3-c2ccc(OC(F)(F)F)cc2)c1. The number of rotatable bonds is 6. The predicted molar refractivity (Wildman–Crippen MR) is 153 cm³/mol. The number of ether oxygens (including phenoxy) is 1. The molecular formula is C29H24F3N5O2S. The van der Waals surface area contributed by atoms with Gasteiger partial charge in [0.1, 0.15) is 11.6 Å². The molecule has 0 aliphatic rings. The van der Waals surface area contributed by atoms with E-state index in [0.717, 1.165) is 56.3 Å². The molecule has 0 unspecified atom stereocenters. The molecule has 204 valence electrons. The lowest BCUT2D eigenvalue weighted by Crippen LogP contribution is -2.23. The monoisotopic (exact) mass is 563 g/mol. The summed E-state index contributed by atoms with van der Waals surface area (Å²) in [5, 5.41) is 4.71. The Balaban J connectivity index is 1.30. The van der Waals surface area contributed by atoms with Crippen LogP contribution in [0.5, 0.6) is 5.75 Å². The lowest BCUT2D eigenvalue weighted by Gasteiger charge is -2.11. The van der Waals surface area contributed by atoms with Crippen LogP contribution in [-0.4, -0.2) is 28.2 Å². The van der Waals surface area contributed by atoms with Crippen molar-refractivity contribution in [2.24, 2.45) is 4.40 Å². The molecule has 0 spiro atoms. The molecule has 1 aromatic heterocycles. The van der Waals surface area contributed by atoms with E-state index in [2.05, 4.69) is 19.2 Å². The Labute approximate surface area is 232 Å². The van der Waals surface area contributed by atoms with E-state index >= 15 is 0 Å². The highest BCUT2D eigenvalue weighted by Crippen LogP contribution is 2.30. The van der Waals surface area contributed by atoms with E-state index < -0.39 is 6.36 Å². The van der Waals surface area contributed by atoms with Gasteiger partial charge >= 0.3 is 12.4 Å². The third kappa shape index (κ3) is 5.89. The standard InChI is InChI=1S/C29H24F3N5O2S/c1-17-5-4-6-18(2)26(17)35-28(38)36-40-33-16-20-7-13-24-21(15-20)8-14-25-27(24)34-19(3)37(25)22-9-11-23(12-10-22)39-29(30,31)32/h4-16H,1-3H3,(H2,35,36,38). The summed E-state index contributed by atoms with van der Waals surface area (Å²) in [4.78, 5) is 17.0. The Kier molecular flexibility index (Phi) is 7.40. The molecule has 2 amide bonds. The highest BCUT2D eigenvalue weighted by Gasteiger charge is 2.31. The zero-order valence-corrected chi connectivity index (χ0v) is 22.5. The van der Waals surface area contributed by atoms with Crippen molar-refractivity contribution < 1.29 is 22.7 Å². The van der Waals surface area contributed by atoms with Gasteiger partial charge in [0, 0.05) is 23.0 Å². The number of nitrogens with zero attached hydrogens (tertiary/aromatic N) is 3. The smallest absolute Gasteiger partial charge is 0.406 e. The molecule has 5 rings (SSSR count). The molecule has 4 aromatic carbocycles. The van der Waals surface area contributed by atoms with Crippen molar-refractivity contribution in [2.45, 2.75) is 27.1 Å². The van der Waals surface area contributed by atoms with E-state index in [9.17, 15) is 18.0 Å². The minimum Gasteiger partial charge on any atom is -0.406 e. The minimum atomic E-state index is -4.74. The predicted octanol–water partition coefficient (Wildman–Crippen LogP) is 7.81. The van der Waals surface area contributed by atoms with Crippen molar-refractivity contribution in [1.82, 2.24) is 14.3 Å². The minimum absolute atomic E-state index is 0.284. The summed E-state index contributed by atoms with van der Waals surface area (Å²) in [7, 11) is 0. The molecule has 40 heavy (non-hydrogen) atoms. The van der Waals surface area contributed by atoms with Crippen LogP contribution >= 0.6 is 12.1 Å². The molecule has 0 aliphatic carbocycles. The Morgan fingerprint density at radius 1 is 1.00 bits per heavy atom. The van der Waals surface area contributed by atoms with E-state index in [1.165, 1.54) is 12.1 Å². The number of nitrogens with one attached hydrogen (secondary N) is 2. The Bertz CT molecular complexity index is 1730. The van der Waals surface area contributed by atoms with Crippen molar-refractivity contribution >= 4 is 51.9 Å². The number of carbonyl (C=O) groups excluding carboxylic acids is 1. The molecule has 0 fully saturated rings. The Morgan fingerprint density at radius 3 is 2.42 bits per heavy atom. The van der Waals surface area contributed by atoms with Gasteiger partial charge < -0.3 is 10.1 Å². The number of carbonyl (C=O) groups is 1. The molecule has 0 radical (unpaired) electrons. The average Bonchev–Trinajstić information content (AvgIpc) is 3.24. The molecule has 11 heteroatoms. The van der Waals surface area contributed by atoms with Crippen LogP contribution in [-0.2, 0) is 0 Å². The third-order valence-electron chi connectivity index (χ3n) is 6.27. The van der Waals surface area contributed by atoms with Crippen molar-refractivity contribution in [1.29, 1.82) is 0 Å². The number of para-hydroxylation sites is 1. The molecule has 7 nitrogen and oxygen atoms in total. The zero-order valence-electron chi connectivity index (χ0n) is 21.7. The number of hydrogen-bond donors (Lipinski definition) is 2.